The third kappa shape index (κ3) is 11.1. The maximum atomic E-state index is 12.4. The van der Waals surface area contributed by atoms with Crippen molar-refractivity contribution in [2.24, 2.45) is 0 Å². The molecule has 0 unspecified atom stereocenters. The van der Waals surface area contributed by atoms with E-state index in [9.17, 15) is 46.4 Å². The van der Waals surface area contributed by atoms with Gasteiger partial charge in [0, 0.05) is 37.6 Å². The number of nitrogens with zero attached hydrogens (tertiary/aromatic N) is 8. The Bertz CT molecular complexity index is 1970. The van der Waals surface area contributed by atoms with E-state index < -0.39 is 30.0 Å². The lowest BCUT2D eigenvalue weighted by Crippen LogP contribution is -2.31. The summed E-state index contributed by atoms with van der Waals surface area (Å²) in [5.74, 6) is -0.230. The van der Waals surface area contributed by atoms with Crippen LogP contribution in [0.2, 0.25) is 10.6 Å². The van der Waals surface area contributed by atoms with Crippen LogP contribution in [0, 0.1) is 0 Å². The average Bonchev–Trinajstić information content (AvgIpc) is 3.06. The summed E-state index contributed by atoms with van der Waals surface area (Å²) >= 11 is 12.1. The van der Waals surface area contributed by atoms with Crippen LogP contribution >= 0.6 is 23.2 Å². The number of aromatic nitrogens is 6. The number of hydrogen-bond donors (Lipinski definition) is 8. The van der Waals surface area contributed by atoms with Gasteiger partial charge in [0.05, 0.1) is 26.4 Å². The van der Waals surface area contributed by atoms with Gasteiger partial charge >= 0.3 is 0 Å². The molecule has 24 heteroatoms. The quantitative estimate of drug-likeness (QED) is 0.0516. The van der Waals surface area contributed by atoms with Crippen LogP contribution in [0.15, 0.2) is 46.2 Å². The molecule has 0 fully saturated rings. The molecular weight excluding hydrogens is 771 g/mol. The van der Waals surface area contributed by atoms with E-state index in [0.717, 1.165) is 12.1 Å². The van der Waals surface area contributed by atoms with Crippen molar-refractivity contribution >= 4 is 90.8 Å². The van der Waals surface area contributed by atoms with Crippen molar-refractivity contribution in [3.63, 3.8) is 0 Å². The van der Waals surface area contributed by atoms with Gasteiger partial charge in [-0.05, 0) is 58.6 Å². The fraction of sp³-hybridized carbons (Fsp3) is 0.286. The zero-order valence-electron chi connectivity index (χ0n) is 26.7. The van der Waals surface area contributed by atoms with Crippen molar-refractivity contribution in [3.05, 3.63) is 58.1 Å². The van der Waals surface area contributed by atoms with Gasteiger partial charge in [-0.25, -0.2) is 0 Å². The molecule has 0 saturated heterocycles. The molecule has 2 heterocycles. The van der Waals surface area contributed by atoms with E-state index in [-0.39, 0.29) is 109 Å². The Morgan fingerprint density at radius 2 is 0.923 bits per heavy atom. The number of nitrogens with one attached hydrogen (secondary N) is 2. The van der Waals surface area contributed by atoms with Crippen molar-refractivity contribution in [2.75, 3.05) is 73.0 Å². The van der Waals surface area contributed by atoms with Gasteiger partial charge in [-0.1, -0.05) is 24.3 Å². The Morgan fingerprint density at radius 3 is 1.23 bits per heavy atom. The minimum Gasteiger partial charge on any atom is -0.395 e. The van der Waals surface area contributed by atoms with E-state index in [4.69, 9.17) is 23.2 Å². The summed E-state index contributed by atoms with van der Waals surface area (Å²) in [7, 11) is -9.74. The number of rotatable bonds is 18. The average molecular weight is 804 g/mol. The summed E-state index contributed by atoms with van der Waals surface area (Å²) in [5, 5.41) is 42.3. The molecule has 52 heavy (non-hydrogen) atoms. The summed E-state index contributed by atoms with van der Waals surface area (Å²) in [4.78, 5) is 25.9. The number of hydrogen-bond acceptors (Lipinski definition) is 18. The molecule has 2 aromatic carbocycles. The van der Waals surface area contributed by atoms with Gasteiger partial charge in [0.15, 0.2) is 0 Å². The first-order valence-electron chi connectivity index (χ1n) is 14.9. The minimum atomic E-state index is -4.87. The summed E-state index contributed by atoms with van der Waals surface area (Å²) in [5.41, 5.74) is 0.0111. The molecule has 280 valence electrons. The number of aliphatic hydroxyl groups is 4. The standard InChI is InChI=1S/C28H32Cl2N10O10S2/c29-23-33-25(37-27(35-23)39(7-11-41)8-12-42)31-19-5-3-17(21(15-19)51(45,46)47)1-2-18-4-6-20(16-22(18)52(48,49)50)32-26-34-24(30)36-28(38-26)40(9-13-43)10-14-44/h1-6,15-16,41-44H,7-14H2,(H,45,46,47)(H,48,49,50)(H,31,33,35,37)(H,32,34,36,38)/b2-1+. The molecular formula is C28H32Cl2N10O10S2. The largest absolute Gasteiger partial charge is 0.395 e. The molecule has 0 amide bonds. The molecule has 4 aromatic rings. The van der Waals surface area contributed by atoms with E-state index in [2.05, 4.69) is 40.5 Å². The van der Waals surface area contributed by atoms with E-state index in [1.54, 1.807) is 0 Å². The van der Waals surface area contributed by atoms with Gasteiger partial charge in [-0.2, -0.15) is 46.7 Å². The molecule has 0 radical (unpaired) electrons. The van der Waals surface area contributed by atoms with Gasteiger partial charge in [0.1, 0.15) is 9.79 Å². The molecule has 2 aromatic heterocycles. The van der Waals surface area contributed by atoms with Crippen LogP contribution in [0.5, 0.6) is 0 Å². The van der Waals surface area contributed by atoms with Gasteiger partial charge < -0.3 is 40.9 Å². The fourth-order valence-corrected chi connectivity index (χ4v) is 6.30. The lowest BCUT2D eigenvalue weighted by atomic mass is 10.1. The number of aliphatic hydroxyl groups excluding tert-OH is 4. The van der Waals surface area contributed by atoms with Crippen molar-refractivity contribution in [1.29, 1.82) is 0 Å². The van der Waals surface area contributed by atoms with Crippen molar-refractivity contribution in [3.8, 4) is 0 Å². The third-order valence-corrected chi connectivity index (χ3v) is 8.93. The molecule has 4 rings (SSSR count). The molecule has 0 aliphatic heterocycles. The van der Waals surface area contributed by atoms with Crippen LogP contribution in [-0.2, 0) is 20.2 Å². The first-order chi connectivity index (χ1) is 24.6. The Labute approximate surface area is 307 Å². The zero-order chi connectivity index (χ0) is 38.1. The molecule has 0 aliphatic rings. The van der Waals surface area contributed by atoms with Crippen LogP contribution in [-0.4, -0.2) is 129 Å². The minimum absolute atomic E-state index is 0.0145. The fourth-order valence-electron chi connectivity index (χ4n) is 4.56. The SMILES string of the molecule is O=S(=O)(O)c1cc(Nc2nc(Cl)nc(N(CCO)CCO)n2)ccc1/C=C/c1ccc(Nc2nc(Cl)nc(N(CCO)CCO)n2)cc1S(=O)(=O)O. The van der Waals surface area contributed by atoms with Crippen LogP contribution in [0.4, 0.5) is 35.2 Å². The Balaban J connectivity index is 1.65. The second-order valence-electron chi connectivity index (χ2n) is 10.4. The highest BCUT2D eigenvalue weighted by molar-refractivity contribution is 7.86. The normalized spacial score (nSPS) is 11.9. The lowest BCUT2D eigenvalue weighted by Gasteiger charge is -2.20. The summed E-state index contributed by atoms with van der Waals surface area (Å²) in [6, 6.07) is 7.49. The lowest BCUT2D eigenvalue weighted by molar-refractivity contribution is 0.279. The van der Waals surface area contributed by atoms with Crippen molar-refractivity contribution in [1.82, 2.24) is 29.9 Å². The second kappa shape index (κ2) is 17.9. The number of benzene rings is 2. The van der Waals surface area contributed by atoms with Gasteiger partial charge in [-0.3, -0.25) is 9.11 Å². The maximum Gasteiger partial charge on any atom is 0.295 e. The van der Waals surface area contributed by atoms with Crippen molar-refractivity contribution < 1.29 is 46.4 Å². The predicted octanol–water partition coefficient (Wildman–Crippen LogP) is 1.10. The van der Waals surface area contributed by atoms with E-state index in [0.29, 0.717) is 0 Å². The number of anilines is 6. The smallest absolute Gasteiger partial charge is 0.295 e. The Morgan fingerprint density at radius 1 is 0.577 bits per heavy atom. The predicted molar refractivity (Wildman–Crippen MR) is 190 cm³/mol. The molecule has 0 aliphatic carbocycles. The van der Waals surface area contributed by atoms with Crippen LogP contribution < -0.4 is 20.4 Å². The van der Waals surface area contributed by atoms with Gasteiger partial charge in [0.25, 0.3) is 20.2 Å². The third-order valence-electron chi connectivity index (χ3n) is 6.78. The molecule has 0 saturated carbocycles. The van der Waals surface area contributed by atoms with Gasteiger partial charge in [-0.15, -0.1) is 0 Å². The summed E-state index contributed by atoms with van der Waals surface area (Å²) in [6.07, 6.45) is 2.39. The second-order valence-corrected chi connectivity index (χ2v) is 13.8. The van der Waals surface area contributed by atoms with E-state index in [1.807, 2.05) is 0 Å². The highest BCUT2D eigenvalue weighted by Crippen LogP contribution is 2.28. The summed E-state index contributed by atoms with van der Waals surface area (Å²) in [6.45, 7) is -0.836. The van der Waals surface area contributed by atoms with Crippen molar-refractivity contribution in [2.45, 2.75) is 9.79 Å². The summed E-state index contributed by atoms with van der Waals surface area (Å²) < 4.78 is 69.6. The zero-order valence-corrected chi connectivity index (χ0v) is 29.9. The van der Waals surface area contributed by atoms with E-state index >= 15 is 0 Å². The van der Waals surface area contributed by atoms with Crippen LogP contribution in [0.25, 0.3) is 12.2 Å². The first kappa shape index (κ1) is 40.4. The topological polar surface area (TPSA) is 298 Å². The molecule has 8 N–H and O–H groups in total. The molecule has 20 nitrogen and oxygen atoms in total. The Hall–Kier alpha value is -4.36. The maximum absolute atomic E-state index is 12.4. The van der Waals surface area contributed by atoms with Crippen LogP contribution in [0.3, 0.4) is 0 Å². The van der Waals surface area contributed by atoms with E-state index in [1.165, 1.54) is 46.2 Å². The number of halogens is 2. The molecule has 0 spiro atoms. The molecule has 0 atom stereocenters. The Kier molecular flexibility index (Phi) is 13.9. The highest BCUT2D eigenvalue weighted by atomic mass is 35.5. The van der Waals surface area contributed by atoms with Gasteiger partial charge in [0.2, 0.25) is 34.4 Å². The molecule has 0 bridgehead atoms. The highest BCUT2D eigenvalue weighted by Gasteiger charge is 2.20. The van der Waals surface area contributed by atoms with Crippen LogP contribution in [0.1, 0.15) is 11.1 Å². The first-order valence-corrected chi connectivity index (χ1v) is 18.5. The monoisotopic (exact) mass is 802 g/mol.